The highest BCUT2D eigenvalue weighted by Crippen LogP contribution is 2.26. The van der Waals surface area contributed by atoms with Gasteiger partial charge in [-0.15, -0.1) is 0 Å². The predicted octanol–water partition coefficient (Wildman–Crippen LogP) is 2.49. The van der Waals surface area contributed by atoms with Crippen LogP contribution in [0.5, 0.6) is 0 Å². The molecular formula is C17H17N5O. The first-order valence-corrected chi connectivity index (χ1v) is 7.70. The molecule has 4 N–H and O–H groups in total. The summed E-state index contributed by atoms with van der Waals surface area (Å²) in [5, 5.41) is 10.9. The van der Waals surface area contributed by atoms with E-state index in [1.165, 1.54) is 6.42 Å². The van der Waals surface area contributed by atoms with Crippen LogP contribution in [0.2, 0.25) is 0 Å². The number of nitrogen functional groups attached to an aromatic ring is 1. The first-order valence-electron chi connectivity index (χ1n) is 7.70. The minimum absolute atomic E-state index is 0.121. The maximum Gasteiger partial charge on any atom is 0.272 e. The normalized spacial score (nSPS) is 14.6. The average Bonchev–Trinajstić information content (AvgIpc) is 2.94. The van der Waals surface area contributed by atoms with Crippen LogP contribution in [0.1, 0.15) is 29.8 Å². The molecule has 0 radical (unpaired) electrons. The van der Waals surface area contributed by atoms with Gasteiger partial charge in [0.25, 0.3) is 5.91 Å². The van der Waals surface area contributed by atoms with Crippen LogP contribution >= 0.6 is 0 Å². The standard InChI is InChI=1S/C17H17N5O/c18-12-6-11(8-19-9-12)10-4-5-15-14(7-10)16(22-21-15)17(23)20-13-2-1-3-13/h4-9,13H,1-3,18H2,(H,20,23)(H,21,22). The van der Waals surface area contributed by atoms with Crippen LogP contribution < -0.4 is 11.1 Å². The van der Waals surface area contributed by atoms with Crippen LogP contribution in [0.25, 0.3) is 22.0 Å². The molecule has 0 bridgehead atoms. The lowest BCUT2D eigenvalue weighted by atomic mass is 9.93. The molecule has 1 aliphatic rings. The molecule has 0 saturated heterocycles. The number of nitrogens with one attached hydrogen (secondary N) is 2. The number of amides is 1. The molecule has 0 aliphatic heterocycles. The number of hydrogen-bond donors (Lipinski definition) is 3. The number of rotatable bonds is 3. The van der Waals surface area contributed by atoms with Gasteiger partial charge < -0.3 is 11.1 Å². The molecule has 1 aromatic carbocycles. The molecule has 2 heterocycles. The lowest BCUT2D eigenvalue weighted by molar-refractivity contribution is 0.0913. The predicted molar refractivity (Wildman–Crippen MR) is 88.8 cm³/mol. The van der Waals surface area contributed by atoms with E-state index in [2.05, 4.69) is 20.5 Å². The van der Waals surface area contributed by atoms with Gasteiger partial charge in [0.15, 0.2) is 5.69 Å². The molecule has 3 aromatic rings. The Kier molecular flexibility index (Phi) is 3.22. The van der Waals surface area contributed by atoms with Gasteiger partial charge in [-0.1, -0.05) is 6.07 Å². The number of anilines is 1. The molecule has 1 aliphatic carbocycles. The zero-order chi connectivity index (χ0) is 15.8. The summed E-state index contributed by atoms with van der Waals surface area (Å²) >= 11 is 0. The SMILES string of the molecule is Nc1cncc(-c2ccc3[nH]nc(C(=O)NC4CCC4)c3c2)c1. The highest BCUT2D eigenvalue weighted by atomic mass is 16.2. The van der Waals surface area contributed by atoms with E-state index in [1.807, 2.05) is 24.3 Å². The van der Waals surface area contributed by atoms with Crippen LogP contribution in [-0.4, -0.2) is 27.1 Å². The Morgan fingerprint density at radius 3 is 2.83 bits per heavy atom. The van der Waals surface area contributed by atoms with Gasteiger partial charge in [-0.25, -0.2) is 0 Å². The topological polar surface area (TPSA) is 96.7 Å². The number of pyridine rings is 1. The van der Waals surface area contributed by atoms with Crippen LogP contribution in [0.15, 0.2) is 36.7 Å². The quantitative estimate of drug-likeness (QED) is 0.692. The first-order chi connectivity index (χ1) is 11.2. The molecule has 0 unspecified atom stereocenters. The van der Waals surface area contributed by atoms with Gasteiger partial charge in [-0.2, -0.15) is 5.10 Å². The van der Waals surface area contributed by atoms with Crippen LogP contribution in [0.3, 0.4) is 0 Å². The van der Waals surface area contributed by atoms with E-state index in [9.17, 15) is 4.79 Å². The summed E-state index contributed by atoms with van der Waals surface area (Å²) < 4.78 is 0. The van der Waals surface area contributed by atoms with Gasteiger partial charge in [0, 0.05) is 29.4 Å². The van der Waals surface area contributed by atoms with Crippen molar-refractivity contribution < 1.29 is 4.79 Å². The number of H-pyrrole nitrogens is 1. The number of carbonyl (C=O) groups excluding carboxylic acids is 1. The monoisotopic (exact) mass is 307 g/mol. The van der Waals surface area contributed by atoms with Gasteiger partial charge in [0.2, 0.25) is 0 Å². The number of nitrogens with two attached hydrogens (primary N) is 1. The van der Waals surface area contributed by atoms with E-state index in [0.717, 1.165) is 34.9 Å². The minimum Gasteiger partial charge on any atom is -0.397 e. The molecule has 6 nitrogen and oxygen atoms in total. The highest BCUT2D eigenvalue weighted by Gasteiger charge is 2.22. The molecule has 23 heavy (non-hydrogen) atoms. The van der Waals surface area contributed by atoms with Gasteiger partial charge >= 0.3 is 0 Å². The fraction of sp³-hybridized carbons (Fsp3) is 0.235. The summed E-state index contributed by atoms with van der Waals surface area (Å²) in [6.45, 7) is 0. The fourth-order valence-corrected chi connectivity index (χ4v) is 2.79. The van der Waals surface area contributed by atoms with E-state index in [4.69, 9.17) is 5.73 Å². The summed E-state index contributed by atoms with van der Waals surface area (Å²) in [7, 11) is 0. The first kappa shape index (κ1) is 13.8. The Bertz CT molecular complexity index is 882. The maximum absolute atomic E-state index is 12.4. The Labute approximate surface area is 133 Å². The van der Waals surface area contributed by atoms with Crippen molar-refractivity contribution in [1.82, 2.24) is 20.5 Å². The minimum atomic E-state index is -0.121. The lowest BCUT2D eigenvalue weighted by Crippen LogP contribution is -2.39. The number of aromatic nitrogens is 3. The molecule has 1 fully saturated rings. The van der Waals surface area contributed by atoms with Crippen molar-refractivity contribution in [2.75, 3.05) is 5.73 Å². The van der Waals surface area contributed by atoms with Crippen LogP contribution in [-0.2, 0) is 0 Å². The van der Waals surface area contributed by atoms with Gasteiger partial charge in [-0.05, 0) is 43.0 Å². The molecular weight excluding hydrogens is 290 g/mol. The van der Waals surface area contributed by atoms with Crippen LogP contribution in [0, 0.1) is 0 Å². The number of fused-ring (bicyclic) bond motifs is 1. The number of benzene rings is 1. The van der Waals surface area contributed by atoms with Gasteiger partial charge in [-0.3, -0.25) is 14.9 Å². The van der Waals surface area contributed by atoms with Gasteiger partial charge in [0.05, 0.1) is 11.2 Å². The van der Waals surface area contributed by atoms with Crippen molar-refractivity contribution in [3.8, 4) is 11.1 Å². The second kappa shape index (κ2) is 5.39. The number of hydrogen-bond acceptors (Lipinski definition) is 4. The average molecular weight is 307 g/mol. The largest absolute Gasteiger partial charge is 0.397 e. The summed E-state index contributed by atoms with van der Waals surface area (Å²) in [5.41, 5.74) is 9.55. The third-order valence-corrected chi connectivity index (χ3v) is 4.31. The number of aromatic amines is 1. The molecule has 116 valence electrons. The Morgan fingerprint density at radius 1 is 1.22 bits per heavy atom. The zero-order valence-corrected chi connectivity index (χ0v) is 12.5. The van der Waals surface area contributed by atoms with Crippen molar-refractivity contribution >= 4 is 22.5 Å². The second-order valence-electron chi connectivity index (χ2n) is 5.94. The lowest BCUT2D eigenvalue weighted by Gasteiger charge is -2.25. The molecule has 2 aromatic heterocycles. The fourth-order valence-electron chi connectivity index (χ4n) is 2.79. The van der Waals surface area contributed by atoms with E-state index in [0.29, 0.717) is 11.4 Å². The van der Waals surface area contributed by atoms with E-state index in [-0.39, 0.29) is 11.9 Å². The van der Waals surface area contributed by atoms with Crippen molar-refractivity contribution in [2.45, 2.75) is 25.3 Å². The van der Waals surface area contributed by atoms with E-state index in [1.54, 1.807) is 12.4 Å². The summed E-state index contributed by atoms with van der Waals surface area (Å²) in [6, 6.07) is 7.98. The van der Waals surface area contributed by atoms with Gasteiger partial charge in [0.1, 0.15) is 0 Å². The molecule has 6 heteroatoms. The van der Waals surface area contributed by atoms with Crippen molar-refractivity contribution in [2.24, 2.45) is 0 Å². The van der Waals surface area contributed by atoms with Crippen molar-refractivity contribution in [1.29, 1.82) is 0 Å². The van der Waals surface area contributed by atoms with Crippen LogP contribution in [0.4, 0.5) is 5.69 Å². The molecule has 0 atom stereocenters. The zero-order valence-electron chi connectivity index (χ0n) is 12.5. The Hall–Kier alpha value is -2.89. The molecule has 1 amide bonds. The van der Waals surface area contributed by atoms with Crippen molar-refractivity contribution in [3.63, 3.8) is 0 Å². The van der Waals surface area contributed by atoms with Crippen molar-refractivity contribution in [3.05, 3.63) is 42.4 Å². The molecule has 0 spiro atoms. The summed E-state index contributed by atoms with van der Waals surface area (Å²) in [5.74, 6) is -0.121. The second-order valence-corrected chi connectivity index (χ2v) is 5.94. The van der Waals surface area contributed by atoms with E-state index < -0.39 is 0 Å². The highest BCUT2D eigenvalue weighted by molar-refractivity contribution is 6.05. The summed E-state index contributed by atoms with van der Waals surface area (Å²) in [6.07, 6.45) is 6.64. The summed E-state index contributed by atoms with van der Waals surface area (Å²) in [4.78, 5) is 16.5. The maximum atomic E-state index is 12.4. The number of nitrogens with zero attached hydrogens (tertiary/aromatic N) is 2. The Morgan fingerprint density at radius 2 is 2.09 bits per heavy atom. The Balaban J connectivity index is 1.72. The third kappa shape index (κ3) is 2.52. The third-order valence-electron chi connectivity index (χ3n) is 4.31. The molecule has 1 saturated carbocycles. The van der Waals surface area contributed by atoms with E-state index >= 15 is 0 Å². The molecule has 4 rings (SSSR count). The smallest absolute Gasteiger partial charge is 0.272 e. The number of carbonyl (C=O) groups is 1.